The molecule has 33 heavy (non-hydrogen) atoms. The highest BCUT2D eigenvalue weighted by Crippen LogP contribution is 2.52. The van der Waals surface area contributed by atoms with Crippen LogP contribution in [0.4, 0.5) is 5.69 Å². The number of primary amides is 1. The van der Waals surface area contributed by atoms with Crippen molar-refractivity contribution in [1.82, 2.24) is 0 Å². The van der Waals surface area contributed by atoms with Gasteiger partial charge in [0.2, 0.25) is 5.78 Å². The lowest BCUT2D eigenvalue weighted by molar-refractivity contribution is -0.144. The Kier molecular flexibility index (Phi) is 5.48. The summed E-state index contributed by atoms with van der Waals surface area (Å²) in [6.07, 6.45) is 1.44. The molecule has 0 saturated heterocycles. The van der Waals surface area contributed by atoms with E-state index >= 15 is 0 Å². The van der Waals surface area contributed by atoms with E-state index in [0.29, 0.717) is 30.5 Å². The normalized spacial score (nSPS) is 26.6. The fraction of sp³-hybridized carbons (Fsp3) is 0.458. The van der Waals surface area contributed by atoms with E-state index in [2.05, 4.69) is 5.32 Å². The van der Waals surface area contributed by atoms with Gasteiger partial charge in [-0.3, -0.25) is 14.4 Å². The standard InChI is InChI=1S/C24H28N2O7/c1-3-5-13-14(26-4-2)8-11-6-10-7-12-9-15(27)18(23(25)32)22(31)24(12,33)21(30)17(10)20(29)16(11)19(13)28/h8,10,12,26-28,30,33H,3-7,9H2,1-2H3,(H2,25,32)/t10?,12-,24-/m0/s1. The third-order valence-corrected chi connectivity index (χ3v) is 7.02. The molecule has 7 N–H and O–H groups in total. The number of amides is 1. The fourth-order valence-corrected chi connectivity index (χ4v) is 5.57. The van der Waals surface area contributed by atoms with Crippen LogP contribution in [0.1, 0.15) is 54.6 Å². The predicted octanol–water partition coefficient (Wildman–Crippen LogP) is 1.96. The summed E-state index contributed by atoms with van der Waals surface area (Å²) < 4.78 is 0. The second-order valence-electron chi connectivity index (χ2n) is 8.98. The number of allylic oxidation sites excluding steroid dienone is 2. The molecule has 9 heteroatoms. The number of nitrogens with two attached hydrogens (primary N) is 1. The summed E-state index contributed by atoms with van der Waals surface area (Å²) >= 11 is 0. The van der Waals surface area contributed by atoms with Crippen LogP contribution in [-0.2, 0) is 22.4 Å². The Hall–Kier alpha value is -3.33. The third-order valence-electron chi connectivity index (χ3n) is 7.02. The number of carbonyl (C=O) groups excluding carboxylic acids is 3. The molecule has 0 spiro atoms. The van der Waals surface area contributed by atoms with Gasteiger partial charge in [0, 0.05) is 35.7 Å². The van der Waals surface area contributed by atoms with Crippen molar-refractivity contribution < 1.29 is 34.8 Å². The van der Waals surface area contributed by atoms with Gasteiger partial charge in [0.15, 0.2) is 11.4 Å². The third kappa shape index (κ3) is 3.13. The molecule has 176 valence electrons. The van der Waals surface area contributed by atoms with Crippen molar-refractivity contribution in [3.05, 3.63) is 45.4 Å². The van der Waals surface area contributed by atoms with Crippen molar-refractivity contribution in [1.29, 1.82) is 0 Å². The van der Waals surface area contributed by atoms with E-state index in [1.807, 2.05) is 19.9 Å². The van der Waals surface area contributed by atoms with Gasteiger partial charge in [-0.05, 0) is 43.7 Å². The van der Waals surface area contributed by atoms with Gasteiger partial charge in [0.1, 0.15) is 22.8 Å². The Labute approximate surface area is 190 Å². The topological polar surface area (TPSA) is 170 Å². The zero-order chi connectivity index (χ0) is 24.2. The van der Waals surface area contributed by atoms with Crippen molar-refractivity contribution in [2.45, 2.75) is 51.6 Å². The number of aliphatic hydroxyl groups is 3. The molecule has 1 unspecified atom stereocenters. The number of aromatic hydroxyl groups is 1. The minimum absolute atomic E-state index is 0.0525. The van der Waals surface area contributed by atoms with Crippen molar-refractivity contribution in [3.63, 3.8) is 0 Å². The molecule has 1 amide bonds. The van der Waals surface area contributed by atoms with Crippen LogP contribution in [0.3, 0.4) is 0 Å². The smallest absolute Gasteiger partial charge is 0.255 e. The number of rotatable bonds is 5. The molecule has 9 nitrogen and oxygen atoms in total. The molecule has 3 aliphatic rings. The van der Waals surface area contributed by atoms with Crippen LogP contribution in [0.15, 0.2) is 28.7 Å². The molecular weight excluding hydrogens is 428 g/mol. The van der Waals surface area contributed by atoms with Gasteiger partial charge in [-0.2, -0.15) is 0 Å². The number of hydrogen-bond acceptors (Lipinski definition) is 8. The summed E-state index contributed by atoms with van der Waals surface area (Å²) in [6.45, 7) is 4.51. The Balaban J connectivity index is 1.89. The van der Waals surface area contributed by atoms with Crippen molar-refractivity contribution in [2.75, 3.05) is 11.9 Å². The maximum Gasteiger partial charge on any atom is 0.255 e. The summed E-state index contributed by atoms with van der Waals surface area (Å²) in [7, 11) is 0. The summed E-state index contributed by atoms with van der Waals surface area (Å²) in [5.74, 6) is -6.09. The van der Waals surface area contributed by atoms with Crippen molar-refractivity contribution in [3.8, 4) is 5.75 Å². The maximum atomic E-state index is 13.5. The molecule has 0 fully saturated rings. The van der Waals surface area contributed by atoms with E-state index in [9.17, 15) is 34.8 Å². The number of benzene rings is 1. The number of anilines is 1. The summed E-state index contributed by atoms with van der Waals surface area (Å²) in [4.78, 5) is 38.2. The highest BCUT2D eigenvalue weighted by Gasteiger charge is 2.59. The number of fused-ring (bicyclic) bond motifs is 3. The SMILES string of the molecule is CCCc1c(NCC)cc2c(c1O)C(=O)C1=C(O)[C@]3(O)C(=O)C(C(N)=O)=C(O)C[C@@H]3CC1C2. The van der Waals surface area contributed by atoms with Gasteiger partial charge >= 0.3 is 0 Å². The fourth-order valence-electron chi connectivity index (χ4n) is 5.57. The quantitative estimate of drug-likeness (QED) is 0.365. The van der Waals surface area contributed by atoms with Gasteiger partial charge in [-0.15, -0.1) is 0 Å². The van der Waals surface area contributed by atoms with Crippen LogP contribution in [0.5, 0.6) is 5.75 Å². The number of phenols is 1. The Morgan fingerprint density at radius 3 is 2.52 bits per heavy atom. The number of hydrogen-bond donors (Lipinski definition) is 6. The van der Waals surface area contributed by atoms with Crippen LogP contribution >= 0.6 is 0 Å². The molecule has 1 aromatic rings. The van der Waals surface area contributed by atoms with E-state index in [1.165, 1.54) is 0 Å². The van der Waals surface area contributed by atoms with Gasteiger partial charge in [-0.1, -0.05) is 13.3 Å². The van der Waals surface area contributed by atoms with Gasteiger partial charge in [0.05, 0.1) is 5.56 Å². The van der Waals surface area contributed by atoms with Crippen LogP contribution in [-0.4, -0.2) is 50.0 Å². The first-order valence-electron chi connectivity index (χ1n) is 11.2. The minimum atomic E-state index is -2.54. The summed E-state index contributed by atoms with van der Waals surface area (Å²) in [5, 5.41) is 46.8. The first-order chi connectivity index (χ1) is 15.6. The Morgan fingerprint density at radius 2 is 1.91 bits per heavy atom. The second kappa shape index (κ2) is 7.91. The lowest BCUT2D eigenvalue weighted by Crippen LogP contribution is -2.57. The van der Waals surface area contributed by atoms with E-state index in [1.54, 1.807) is 0 Å². The second-order valence-corrected chi connectivity index (χ2v) is 8.98. The molecule has 3 aliphatic carbocycles. The largest absolute Gasteiger partial charge is 0.511 e. The highest BCUT2D eigenvalue weighted by atomic mass is 16.3. The van der Waals surface area contributed by atoms with Gasteiger partial charge in [-0.25, -0.2) is 0 Å². The van der Waals surface area contributed by atoms with E-state index in [-0.39, 0.29) is 29.7 Å². The molecule has 0 radical (unpaired) electrons. The first-order valence-corrected chi connectivity index (χ1v) is 11.2. The predicted molar refractivity (Wildman–Crippen MR) is 119 cm³/mol. The van der Waals surface area contributed by atoms with Crippen LogP contribution in [0.2, 0.25) is 0 Å². The number of aliphatic hydroxyl groups excluding tert-OH is 2. The van der Waals surface area contributed by atoms with Crippen molar-refractivity contribution in [2.24, 2.45) is 17.6 Å². The van der Waals surface area contributed by atoms with E-state index < -0.39 is 52.0 Å². The highest BCUT2D eigenvalue weighted by molar-refractivity contribution is 6.24. The summed E-state index contributed by atoms with van der Waals surface area (Å²) in [5.41, 5.74) is 3.75. The molecular formula is C24H28N2O7. The molecule has 0 aromatic heterocycles. The number of nitrogens with one attached hydrogen (secondary N) is 1. The van der Waals surface area contributed by atoms with E-state index in [4.69, 9.17) is 5.73 Å². The average molecular weight is 456 g/mol. The maximum absolute atomic E-state index is 13.5. The number of phenolic OH excluding ortho intramolecular Hbond substituents is 1. The molecule has 0 saturated carbocycles. The lowest BCUT2D eigenvalue weighted by Gasteiger charge is -2.45. The Bertz CT molecular complexity index is 1150. The minimum Gasteiger partial charge on any atom is -0.511 e. The van der Waals surface area contributed by atoms with Gasteiger partial charge in [0.25, 0.3) is 5.91 Å². The molecule has 0 aliphatic heterocycles. The number of ketones is 2. The molecule has 3 atom stereocenters. The van der Waals surface area contributed by atoms with Gasteiger partial charge < -0.3 is 31.5 Å². The van der Waals surface area contributed by atoms with Crippen LogP contribution < -0.4 is 11.1 Å². The zero-order valence-corrected chi connectivity index (χ0v) is 18.6. The summed E-state index contributed by atoms with van der Waals surface area (Å²) in [6, 6.07) is 1.84. The van der Waals surface area contributed by atoms with E-state index in [0.717, 1.165) is 12.1 Å². The zero-order valence-electron chi connectivity index (χ0n) is 18.6. The number of carbonyl (C=O) groups is 3. The monoisotopic (exact) mass is 456 g/mol. The van der Waals surface area contributed by atoms with Crippen LogP contribution in [0, 0.1) is 11.8 Å². The molecule has 1 aromatic carbocycles. The average Bonchev–Trinajstić information content (AvgIpc) is 2.73. The van der Waals surface area contributed by atoms with Crippen LogP contribution in [0.25, 0.3) is 0 Å². The number of Topliss-reactive ketones (excluding diaryl/α,β-unsaturated/α-hetero) is 2. The molecule has 4 rings (SSSR count). The van der Waals surface area contributed by atoms with Crippen molar-refractivity contribution >= 4 is 23.2 Å². The first kappa shape index (κ1) is 22.8. The molecule has 0 bridgehead atoms. The Morgan fingerprint density at radius 1 is 1.21 bits per heavy atom. The lowest BCUT2D eigenvalue weighted by atomic mass is 9.60. The molecule has 0 heterocycles.